The van der Waals surface area contributed by atoms with E-state index in [0.717, 1.165) is 30.6 Å². The first-order chi connectivity index (χ1) is 12.7. The molecule has 0 bridgehead atoms. The Hall–Kier alpha value is -2.01. The number of rotatable bonds is 4. The fraction of sp³-hybridized carbons (Fsp3) is 0.571. The third-order valence-electron chi connectivity index (χ3n) is 5.72. The van der Waals surface area contributed by atoms with E-state index in [4.69, 9.17) is 18.9 Å². The second-order valence-electron chi connectivity index (χ2n) is 7.17. The highest BCUT2D eigenvalue weighted by Crippen LogP contribution is 2.42. The summed E-state index contributed by atoms with van der Waals surface area (Å²) in [4.78, 5) is 13.2. The molecule has 2 aliphatic heterocycles. The largest absolute Gasteiger partial charge is 0.496 e. The molecule has 1 fully saturated rings. The Morgan fingerprint density at radius 2 is 1.92 bits per heavy atom. The third-order valence-corrected chi connectivity index (χ3v) is 5.72. The number of ketones is 1. The fourth-order valence-corrected chi connectivity index (χ4v) is 4.32. The lowest BCUT2D eigenvalue weighted by molar-refractivity contribution is -0.132. The van der Waals surface area contributed by atoms with Gasteiger partial charge in [0.15, 0.2) is 17.3 Å². The first-order valence-electron chi connectivity index (χ1n) is 9.62. The second kappa shape index (κ2) is 7.31. The predicted molar refractivity (Wildman–Crippen MR) is 97.2 cm³/mol. The van der Waals surface area contributed by atoms with Crippen LogP contribution in [0.5, 0.6) is 11.5 Å². The minimum atomic E-state index is -0.0927. The predicted octanol–water partition coefficient (Wildman–Crippen LogP) is 3.61. The number of carbonyl (C=O) groups excluding carboxylic acids is 1. The molecule has 0 N–H and O–H groups in total. The lowest BCUT2D eigenvalue weighted by atomic mass is 9.72. The van der Waals surface area contributed by atoms with Gasteiger partial charge in [-0.1, -0.05) is 19.4 Å². The van der Waals surface area contributed by atoms with Gasteiger partial charge in [0.2, 0.25) is 0 Å². The molecule has 0 aromatic heterocycles. The molecule has 0 saturated heterocycles. The summed E-state index contributed by atoms with van der Waals surface area (Å²) in [7, 11) is 0. The summed E-state index contributed by atoms with van der Waals surface area (Å²) in [5, 5.41) is 0. The van der Waals surface area contributed by atoms with Crippen molar-refractivity contribution in [1.82, 2.24) is 0 Å². The first kappa shape index (κ1) is 17.4. The average Bonchev–Trinajstić information content (AvgIpc) is 2.68. The van der Waals surface area contributed by atoms with Crippen LogP contribution in [0.15, 0.2) is 24.5 Å². The minimum absolute atomic E-state index is 0.0807. The zero-order valence-electron chi connectivity index (χ0n) is 15.4. The van der Waals surface area contributed by atoms with E-state index in [0.29, 0.717) is 37.1 Å². The van der Waals surface area contributed by atoms with Gasteiger partial charge in [-0.2, -0.15) is 0 Å². The van der Waals surface area contributed by atoms with E-state index in [2.05, 4.69) is 6.92 Å². The van der Waals surface area contributed by atoms with Gasteiger partial charge in [-0.15, -0.1) is 0 Å². The van der Waals surface area contributed by atoms with Gasteiger partial charge in [-0.3, -0.25) is 4.79 Å². The first-order valence-corrected chi connectivity index (χ1v) is 9.62. The lowest BCUT2D eigenvalue weighted by Crippen LogP contribution is -2.45. The minimum Gasteiger partial charge on any atom is -0.496 e. The van der Waals surface area contributed by atoms with Crippen molar-refractivity contribution in [1.29, 1.82) is 0 Å². The van der Waals surface area contributed by atoms with Gasteiger partial charge in [0.05, 0.1) is 23.9 Å². The van der Waals surface area contributed by atoms with Crippen LogP contribution in [0, 0.1) is 11.8 Å². The number of carbonyl (C=O) groups is 1. The highest BCUT2D eigenvalue weighted by Gasteiger charge is 2.44. The highest BCUT2D eigenvalue weighted by molar-refractivity contribution is 6.22. The summed E-state index contributed by atoms with van der Waals surface area (Å²) in [6.07, 6.45) is 4.36. The molecule has 140 valence electrons. The number of benzene rings is 1. The molecule has 1 aromatic carbocycles. The van der Waals surface area contributed by atoms with Gasteiger partial charge in [0, 0.05) is 13.0 Å². The van der Waals surface area contributed by atoms with Gasteiger partial charge in [-0.05, 0) is 37.0 Å². The molecule has 0 spiro atoms. The molecule has 1 aliphatic carbocycles. The van der Waals surface area contributed by atoms with Crippen LogP contribution in [0.3, 0.4) is 0 Å². The molecule has 2 heterocycles. The number of hydrogen-bond acceptors (Lipinski definition) is 5. The van der Waals surface area contributed by atoms with Crippen molar-refractivity contribution < 1.29 is 23.7 Å². The molecule has 4 rings (SSSR count). The van der Waals surface area contributed by atoms with E-state index in [1.54, 1.807) is 6.26 Å². The van der Waals surface area contributed by atoms with E-state index in [9.17, 15) is 4.79 Å². The normalized spacial score (nSPS) is 30.2. The van der Waals surface area contributed by atoms with Crippen molar-refractivity contribution in [2.75, 3.05) is 19.8 Å². The summed E-state index contributed by atoms with van der Waals surface area (Å²) in [5.41, 5.74) is 1.46. The van der Waals surface area contributed by atoms with E-state index in [1.807, 2.05) is 25.1 Å². The van der Waals surface area contributed by atoms with Crippen LogP contribution < -0.4 is 9.47 Å². The second-order valence-corrected chi connectivity index (χ2v) is 7.17. The molecule has 0 amide bonds. The number of Topliss-reactive ketones (excluding diaryl/α,β-unsaturated/α-hetero) is 1. The van der Waals surface area contributed by atoms with Crippen LogP contribution in [0.2, 0.25) is 0 Å². The molecule has 1 aromatic rings. The quantitative estimate of drug-likeness (QED) is 0.823. The van der Waals surface area contributed by atoms with E-state index >= 15 is 0 Å². The molecule has 3 aliphatic rings. The SMILES string of the molecule is CCOC1CC2OC=C(c3ccc4c(c3)OCCO4)C(=O)C2CC1CC. The maximum absolute atomic E-state index is 13.2. The number of ether oxygens (including phenoxy) is 4. The van der Waals surface area contributed by atoms with Crippen LogP contribution >= 0.6 is 0 Å². The van der Waals surface area contributed by atoms with Gasteiger partial charge < -0.3 is 18.9 Å². The summed E-state index contributed by atoms with van der Waals surface area (Å²) < 4.78 is 23.1. The van der Waals surface area contributed by atoms with Crippen molar-refractivity contribution in [3.63, 3.8) is 0 Å². The molecule has 5 heteroatoms. The number of fused-ring (bicyclic) bond motifs is 2. The lowest BCUT2D eigenvalue weighted by Gasteiger charge is -2.41. The Bertz CT molecular complexity index is 710. The molecule has 26 heavy (non-hydrogen) atoms. The summed E-state index contributed by atoms with van der Waals surface area (Å²) in [5.74, 6) is 1.90. The summed E-state index contributed by atoms with van der Waals surface area (Å²) in [6.45, 7) is 5.97. The summed E-state index contributed by atoms with van der Waals surface area (Å²) >= 11 is 0. The molecule has 0 radical (unpaired) electrons. The number of allylic oxidation sites excluding steroid dienone is 1. The Labute approximate surface area is 154 Å². The van der Waals surface area contributed by atoms with Crippen LogP contribution in [0.25, 0.3) is 5.57 Å². The smallest absolute Gasteiger partial charge is 0.173 e. The average molecular weight is 358 g/mol. The van der Waals surface area contributed by atoms with E-state index in [1.165, 1.54) is 0 Å². The topological polar surface area (TPSA) is 54.0 Å². The monoisotopic (exact) mass is 358 g/mol. The molecule has 1 saturated carbocycles. The zero-order chi connectivity index (χ0) is 18.1. The molecule has 4 atom stereocenters. The fourth-order valence-electron chi connectivity index (χ4n) is 4.32. The molecular weight excluding hydrogens is 332 g/mol. The van der Waals surface area contributed by atoms with Gasteiger partial charge >= 0.3 is 0 Å². The number of hydrogen-bond donors (Lipinski definition) is 0. The Morgan fingerprint density at radius 1 is 1.12 bits per heavy atom. The zero-order valence-corrected chi connectivity index (χ0v) is 15.4. The van der Waals surface area contributed by atoms with Gasteiger partial charge in [-0.25, -0.2) is 0 Å². The van der Waals surface area contributed by atoms with Crippen molar-refractivity contribution >= 4 is 11.4 Å². The van der Waals surface area contributed by atoms with Crippen LogP contribution in [-0.2, 0) is 14.3 Å². The van der Waals surface area contributed by atoms with Crippen molar-refractivity contribution in [2.24, 2.45) is 11.8 Å². The Morgan fingerprint density at radius 3 is 2.69 bits per heavy atom. The van der Waals surface area contributed by atoms with Crippen molar-refractivity contribution in [2.45, 2.75) is 45.3 Å². The van der Waals surface area contributed by atoms with Crippen LogP contribution in [0.1, 0.15) is 38.7 Å². The van der Waals surface area contributed by atoms with Crippen LogP contribution in [-0.4, -0.2) is 37.8 Å². The summed E-state index contributed by atoms with van der Waals surface area (Å²) in [6, 6.07) is 5.65. The molecule has 5 nitrogen and oxygen atoms in total. The maximum Gasteiger partial charge on any atom is 0.173 e. The Kier molecular flexibility index (Phi) is 4.90. The van der Waals surface area contributed by atoms with Crippen molar-refractivity contribution in [3.05, 3.63) is 30.0 Å². The Balaban J connectivity index is 1.58. The molecule has 4 unspecified atom stereocenters. The van der Waals surface area contributed by atoms with Crippen molar-refractivity contribution in [3.8, 4) is 11.5 Å². The maximum atomic E-state index is 13.2. The standard InChI is InChI=1S/C21H26O5/c1-3-13-9-15-19(11-18(13)23-4-2)26-12-16(21(15)22)14-5-6-17-20(10-14)25-8-7-24-17/h5-6,10,12-13,15,18-19H,3-4,7-9,11H2,1-2H3. The van der Waals surface area contributed by atoms with Gasteiger partial charge in [0.1, 0.15) is 19.3 Å². The molecular formula is C21H26O5. The van der Waals surface area contributed by atoms with Crippen LogP contribution in [0.4, 0.5) is 0 Å². The van der Waals surface area contributed by atoms with Gasteiger partial charge in [0.25, 0.3) is 0 Å². The van der Waals surface area contributed by atoms with E-state index in [-0.39, 0.29) is 23.9 Å². The third kappa shape index (κ3) is 3.09. The highest BCUT2D eigenvalue weighted by atomic mass is 16.6. The van der Waals surface area contributed by atoms with E-state index < -0.39 is 0 Å².